The maximum absolute atomic E-state index is 12.6. The standard InChI is InChI=1S/C24H29ClN6O3/c1-26-22(32)15-34-21-13-17-11-16(5-6-20(17)30(3)23(21)33)12-19-18(25)14-27-24(28-19)31-8-4-7-29(2)9-10-31/h5-6,11,13-14H,4,7-10,12,15H2,1-3H3,(H,26,32). The molecule has 0 unspecified atom stereocenters. The van der Waals surface area contributed by atoms with E-state index in [2.05, 4.69) is 27.1 Å². The number of ether oxygens (including phenoxy) is 1. The van der Waals surface area contributed by atoms with Gasteiger partial charge in [0.25, 0.3) is 11.5 Å². The van der Waals surface area contributed by atoms with Crippen LogP contribution in [0.15, 0.2) is 35.3 Å². The second-order valence-corrected chi connectivity index (χ2v) is 8.92. The topological polar surface area (TPSA) is 92.6 Å². The molecule has 3 heterocycles. The molecule has 0 bridgehead atoms. The summed E-state index contributed by atoms with van der Waals surface area (Å²) >= 11 is 6.46. The zero-order valence-corrected chi connectivity index (χ0v) is 20.4. The van der Waals surface area contributed by atoms with E-state index in [1.165, 1.54) is 11.6 Å². The predicted octanol–water partition coefficient (Wildman–Crippen LogP) is 1.84. The highest BCUT2D eigenvalue weighted by atomic mass is 35.5. The molecule has 3 aromatic rings. The molecule has 1 N–H and O–H groups in total. The zero-order chi connectivity index (χ0) is 24.2. The molecule has 1 amide bonds. The average molecular weight is 485 g/mol. The first kappa shape index (κ1) is 24.0. The van der Waals surface area contributed by atoms with Crippen LogP contribution in [0.5, 0.6) is 5.75 Å². The van der Waals surface area contributed by atoms with E-state index in [4.69, 9.17) is 21.3 Å². The van der Waals surface area contributed by atoms with Crippen molar-refractivity contribution in [1.82, 2.24) is 24.8 Å². The van der Waals surface area contributed by atoms with E-state index in [1.54, 1.807) is 19.3 Å². The van der Waals surface area contributed by atoms with Gasteiger partial charge >= 0.3 is 0 Å². The SMILES string of the molecule is CNC(=O)COc1cc2cc(Cc3nc(N4CCCN(C)CC4)ncc3Cl)ccc2n(C)c1=O. The number of fused-ring (bicyclic) bond motifs is 1. The van der Waals surface area contributed by atoms with Crippen LogP contribution < -0.4 is 20.5 Å². The van der Waals surface area contributed by atoms with E-state index in [-0.39, 0.29) is 23.8 Å². The summed E-state index contributed by atoms with van der Waals surface area (Å²) in [6.07, 6.45) is 3.25. The number of aromatic nitrogens is 3. The fraction of sp³-hybridized carbons (Fsp3) is 0.417. The van der Waals surface area contributed by atoms with Crippen molar-refractivity contribution in [3.63, 3.8) is 0 Å². The second kappa shape index (κ2) is 10.4. The van der Waals surface area contributed by atoms with Crippen molar-refractivity contribution >= 4 is 34.4 Å². The Morgan fingerprint density at radius 2 is 2.00 bits per heavy atom. The normalized spacial score (nSPS) is 14.8. The molecule has 0 saturated carbocycles. The predicted molar refractivity (Wildman–Crippen MR) is 133 cm³/mol. The number of amides is 1. The Kier molecular flexibility index (Phi) is 7.33. The van der Waals surface area contributed by atoms with Crippen LogP contribution in [-0.2, 0) is 18.3 Å². The van der Waals surface area contributed by atoms with E-state index < -0.39 is 0 Å². The van der Waals surface area contributed by atoms with Crippen LogP contribution in [0.1, 0.15) is 17.7 Å². The first-order valence-electron chi connectivity index (χ1n) is 11.3. The third kappa shape index (κ3) is 5.31. The number of halogens is 1. The first-order chi connectivity index (χ1) is 16.4. The van der Waals surface area contributed by atoms with Crippen LogP contribution in [0.4, 0.5) is 5.95 Å². The Morgan fingerprint density at radius 3 is 2.79 bits per heavy atom. The van der Waals surface area contributed by atoms with E-state index in [1.807, 2.05) is 18.2 Å². The number of carbonyl (C=O) groups excluding carboxylic acids is 1. The van der Waals surface area contributed by atoms with Gasteiger partial charge in [-0.15, -0.1) is 0 Å². The summed E-state index contributed by atoms with van der Waals surface area (Å²) in [6, 6.07) is 7.52. The minimum Gasteiger partial charge on any atom is -0.478 e. The summed E-state index contributed by atoms with van der Waals surface area (Å²) in [5, 5.41) is 3.82. The molecule has 10 heteroatoms. The van der Waals surface area contributed by atoms with Gasteiger partial charge < -0.3 is 24.4 Å². The summed E-state index contributed by atoms with van der Waals surface area (Å²) in [6.45, 7) is 3.59. The molecule has 180 valence electrons. The van der Waals surface area contributed by atoms with Gasteiger partial charge in [0.1, 0.15) is 0 Å². The highest BCUT2D eigenvalue weighted by Gasteiger charge is 2.17. The Labute approximate surface area is 203 Å². The quantitative estimate of drug-likeness (QED) is 0.570. The Bertz CT molecular complexity index is 1260. The summed E-state index contributed by atoms with van der Waals surface area (Å²) in [5.41, 5.74) is 2.22. The van der Waals surface area contributed by atoms with Gasteiger partial charge in [0.15, 0.2) is 12.4 Å². The molecule has 0 radical (unpaired) electrons. The molecular formula is C24H29ClN6O3. The van der Waals surface area contributed by atoms with Gasteiger partial charge in [-0.1, -0.05) is 17.7 Å². The number of carbonyl (C=O) groups is 1. The van der Waals surface area contributed by atoms with E-state index in [0.29, 0.717) is 17.4 Å². The summed E-state index contributed by atoms with van der Waals surface area (Å²) < 4.78 is 6.98. The summed E-state index contributed by atoms with van der Waals surface area (Å²) in [7, 11) is 5.33. The second-order valence-electron chi connectivity index (χ2n) is 8.51. The van der Waals surface area contributed by atoms with Crippen LogP contribution in [0.2, 0.25) is 5.02 Å². The number of aryl methyl sites for hydroxylation is 1. The maximum Gasteiger partial charge on any atom is 0.293 e. The third-order valence-electron chi connectivity index (χ3n) is 6.07. The molecule has 1 aromatic carbocycles. The number of benzene rings is 1. The highest BCUT2D eigenvalue weighted by Crippen LogP contribution is 2.24. The van der Waals surface area contributed by atoms with Crippen molar-refractivity contribution in [3.05, 3.63) is 57.1 Å². The molecule has 0 spiro atoms. The number of hydrogen-bond donors (Lipinski definition) is 1. The molecule has 34 heavy (non-hydrogen) atoms. The van der Waals surface area contributed by atoms with Gasteiger partial charge in [0.05, 0.1) is 22.4 Å². The molecular weight excluding hydrogens is 456 g/mol. The Morgan fingerprint density at radius 1 is 1.18 bits per heavy atom. The molecule has 1 saturated heterocycles. The number of anilines is 1. The zero-order valence-electron chi connectivity index (χ0n) is 19.7. The Balaban J connectivity index is 1.61. The van der Waals surface area contributed by atoms with E-state index in [0.717, 1.165) is 54.8 Å². The smallest absolute Gasteiger partial charge is 0.293 e. The minimum atomic E-state index is -0.304. The van der Waals surface area contributed by atoms with Crippen molar-refractivity contribution in [3.8, 4) is 5.75 Å². The summed E-state index contributed by atoms with van der Waals surface area (Å²) in [4.78, 5) is 37.9. The lowest BCUT2D eigenvalue weighted by Crippen LogP contribution is -2.30. The maximum atomic E-state index is 12.6. The van der Waals surface area contributed by atoms with Gasteiger partial charge in [0, 0.05) is 45.5 Å². The molecule has 1 aliphatic heterocycles. The molecule has 0 aliphatic carbocycles. The van der Waals surface area contributed by atoms with Crippen LogP contribution in [0.3, 0.4) is 0 Å². The molecule has 0 atom stereocenters. The Hall–Kier alpha value is -3.17. The van der Waals surface area contributed by atoms with Crippen molar-refractivity contribution < 1.29 is 9.53 Å². The van der Waals surface area contributed by atoms with Crippen LogP contribution in [0, 0.1) is 0 Å². The van der Waals surface area contributed by atoms with Crippen molar-refractivity contribution in [1.29, 1.82) is 0 Å². The molecule has 9 nitrogen and oxygen atoms in total. The van der Waals surface area contributed by atoms with Gasteiger partial charge in [-0.3, -0.25) is 9.59 Å². The summed E-state index contributed by atoms with van der Waals surface area (Å²) in [5.74, 6) is 0.521. The van der Waals surface area contributed by atoms with Crippen molar-refractivity contribution in [2.45, 2.75) is 12.8 Å². The van der Waals surface area contributed by atoms with Crippen molar-refractivity contribution in [2.75, 3.05) is 51.8 Å². The fourth-order valence-corrected chi connectivity index (χ4v) is 4.20. The van der Waals surface area contributed by atoms with Crippen LogP contribution >= 0.6 is 11.6 Å². The lowest BCUT2D eigenvalue weighted by Gasteiger charge is -2.21. The molecule has 1 aliphatic rings. The number of hydrogen-bond acceptors (Lipinski definition) is 7. The lowest BCUT2D eigenvalue weighted by molar-refractivity contribution is -0.122. The van der Waals surface area contributed by atoms with Crippen LogP contribution in [0.25, 0.3) is 10.9 Å². The molecule has 1 fully saturated rings. The number of likely N-dealkylation sites (N-methyl/N-ethyl adjacent to an activating group) is 2. The van der Waals surface area contributed by atoms with E-state index in [9.17, 15) is 9.59 Å². The molecule has 2 aromatic heterocycles. The fourth-order valence-electron chi connectivity index (χ4n) is 4.04. The largest absolute Gasteiger partial charge is 0.478 e. The molecule has 4 rings (SSSR count). The highest BCUT2D eigenvalue weighted by molar-refractivity contribution is 6.31. The number of nitrogens with one attached hydrogen (secondary N) is 1. The van der Waals surface area contributed by atoms with Gasteiger partial charge in [-0.25, -0.2) is 9.97 Å². The van der Waals surface area contributed by atoms with Gasteiger partial charge in [-0.05, 0) is 43.8 Å². The lowest BCUT2D eigenvalue weighted by atomic mass is 10.1. The van der Waals surface area contributed by atoms with E-state index >= 15 is 0 Å². The average Bonchev–Trinajstić information content (AvgIpc) is 3.06. The van der Waals surface area contributed by atoms with Gasteiger partial charge in [0.2, 0.25) is 5.95 Å². The van der Waals surface area contributed by atoms with Crippen molar-refractivity contribution in [2.24, 2.45) is 7.05 Å². The first-order valence-corrected chi connectivity index (χ1v) is 11.6. The monoisotopic (exact) mass is 484 g/mol. The number of rotatable bonds is 6. The van der Waals surface area contributed by atoms with Gasteiger partial charge in [-0.2, -0.15) is 0 Å². The van der Waals surface area contributed by atoms with Crippen LogP contribution in [-0.4, -0.2) is 72.2 Å². The minimum absolute atomic E-state index is 0.129. The third-order valence-corrected chi connectivity index (χ3v) is 6.39. The number of pyridine rings is 1. The number of nitrogens with zero attached hydrogens (tertiary/aromatic N) is 5.